The van der Waals surface area contributed by atoms with E-state index in [1.165, 1.54) is 32.4 Å². The molecule has 1 aliphatic rings. The van der Waals surface area contributed by atoms with E-state index in [1.54, 1.807) is 0 Å². The predicted molar refractivity (Wildman–Crippen MR) is 148 cm³/mol. The van der Waals surface area contributed by atoms with Gasteiger partial charge in [-0.15, -0.1) is 0 Å². The normalized spacial score (nSPS) is 14.2. The maximum atomic E-state index is 8.21. The van der Waals surface area contributed by atoms with Gasteiger partial charge in [-0.05, 0) is 91.4 Å². The summed E-state index contributed by atoms with van der Waals surface area (Å²) in [7, 11) is 0. The van der Waals surface area contributed by atoms with Gasteiger partial charge in [-0.2, -0.15) is 0 Å². The minimum atomic E-state index is -0.00926. The molecule has 1 rings (SSSR count). The van der Waals surface area contributed by atoms with Gasteiger partial charge < -0.3 is 39.1 Å². The highest BCUT2D eigenvalue weighted by atomic mass is 16.3. The van der Waals surface area contributed by atoms with E-state index in [0.29, 0.717) is 12.0 Å². The van der Waals surface area contributed by atoms with Crippen LogP contribution in [0.25, 0.3) is 0 Å². The van der Waals surface area contributed by atoms with Gasteiger partial charge in [-0.25, -0.2) is 0 Å². The maximum absolute atomic E-state index is 8.21. The van der Waals surface area contributed by atoms with Crippen molar-refractivity contribution in [2.24, 2.45) is 34.6 Å². The van der Waals surface area contributed by atoms with E-state index in [1.807, 2.05) is 27.7 Å². The first-order valence-corrected chi connectivity index (χ1v) is 12.8. The Balaban J connectivity index is -0.0000000917. The van der Waals surface area contributed by atoms with Crippen LogP contribution in [-0.4, -0.2) is 55.5 Å². The van der Waals surface area contributed by atoms with Crippen molar-refractivity contribution in [2.45, 2.75) is 125 Å². The summed E-state index contributed by atoms with van der Waals surface area (Å²) in [5, 5.41) is 11.5. The highest BCUT2D eigenvalue weighted by Gasteiger charge is 2.03. The molecule has 0 amide bonds. The van der Waals surface area contributed by atoms with Crippen LogP contribution in [0, 0.1) is 5.92 Å². The van der Waals surface area contributed by atoms with Gasteiger partial charge in [-0.1, -0.05) is 48.0 Å². The van der Waals surface area contributed by atoms with Crippen molar-refractivity contribution in [1.82, 2.24) is 5.32 Å². The van der Waals surface area contributed by atoms with Gasteiger partial charge in [0, 0.05) is 17.6 Å². The second-order valence-corrected chi connectivity index (χ2v) is 9.31. The molecule has 1 heterocycles. The molecular formula is C25H66N6O. The molecule has 1 saturated heterocycles. The van der Waals surface area contributed by atoms with Crippen LogP contribution in [-0.2, 0) is 0 Å². The lowest BCUT2D eigenvalue weighted by atomic mass is 10.1. The molecular weight excluding hydrogens is 400 g/mol. The number of rotatable bonds is 6. The van der Waals surface area contributed by atoms with Gasteiger partial charge in [0.05, 0.1) is 6.61 Å². The first-order chi connectivity index (χ1) is 14.8. The number of hydrogen-bond donors (Lipinski definition) is 7. The zero-order valence-electron chi connectivity index (χ0n) is 23.6. The second-order valence-electron chi connectivity index (χ2n) is 9.31. The third kappa shape index (κ3) is 78.1. The van der Waals surface area contributed by atoms with E-state index < -0.39 is 0 Å². The van der Waals surface area contributed by atoms with Crippen molar-refractivity contribution < 1.29 is 5.11 Å². The van der Waals surface area contributed by atoms with Crippen molar-refractivity contribution in [3.8, 4) is 0 Å². The molecule has 2 atom stereocenters. The third-order valence-corrected chi connectivity index (χ3v) is 4.28. The monoisotopic (exact) mass is 467 g/mol. The van der Waals surface area contributed by atoms with Crippen LogP contribution in [0.5, 0.6) is 0 Å². The van der Waals surface area contributed by atoms with E-state index in [0.717, 1.165) is 38.8 Å². The molecule has 0 bridgehead atoms. The van der Waals surface area contributed by atoms with Crippen molar-refractivity contribution in [1.29, 1.82) is 0 Å². The SMILES string of the molecule is C1CCNCC1.CC(C)CN.CCC(C)(C)N.CCC(C)N.CCC(N)CO.CCCN. The maximum Gasteiger partial charge on any atom is 0.0582 e. The number of nitrogens with one attached hydrogen (secondary N) is 1. The van der Waals surface area contributed by atoms with Gasteiger partial charge in [0.2, 0.25) is 0 Å². The van der Waals surface area contributed by atoms with Gasteiger partial charge in [0.1, 0.15) is 0 Å². The van der Waals surface area contributed by atoms with Crippen molar-refractivity contribution in [3.63, 3.8) is 0 Å². The van der Waals surface area contributed by atoms with Crippen LogP contribution >= 0.6 is 0 Å². The highest BCUT2D eigenvalue weighted by Crippen LogP contribution is 1.99. The smallest absolute Gasteiger partial charge is 0.0582 e. The summed E-state index contributed by atoms with van der Waals surface area (Å²) < 4.78 is 0. The van der Waals surface area contributed by atoms with Crippen LogP contribution in [0.15, 0.2) is 0 Å². The molecule has 1 aliphatic heterocycles. The lowest BCUT2D eigenvalue weighted by Gasteiger charge is -2.13. The minimum Gasteiger partial charge on any atom is -0.395 e. The Morgan fingerprint density at radius 1 is 0.875 bits per heavy atom. The molecule has 32 heavy (non-hydrogen) atoms. The Morgan fingerprint density at radius 3 is 1.25 bits per heavy atom. The first kappa shape index (κ1) is 41.9. The van der Waals surface area contributed by atoms with Crippen molar-refractivity contribution in [3.05, 3.63) is 0 Å². The first-order valence-electron chi connectivity index (χ1n) is 12.8. The molecule has 0 aromatic carbocycles. The van der Waals surface area contributed by atoms with Gasteiger partial charge in [0.25, 0.3) is 0 Å². The summed E-state index contributed by atoms with van der Waals surface area (Å²) in [6.07, 6.45) is 8.30. The molecule has 0 aliphatic carbocycles. The number of aliphatic hydroxyl groups is 1. The van der Waals surface area contributed by atoms with Crippen LogP contribution in [0.4, 0.5) is 0 Å². The molecule has 7 heteroatoms. The zero-order chi connectivity index (χ0) is 26.4. The molecule has 0 aromatic heterocycles. The highest BCUT2D eigenvalue weighted by molar-refractivity contribution is 4.67. The van der Waals surface area contributed by atoms with Crippen LogP contribution < -0.4 is 34.0 Å². The largest absolute Gasteiger partial charge is 0.395 e. The lowest BCUT2D eigenvalue weighted by molar-refractivity contribution is 0.263. The zero-order valence-corrected chi connectivity index (χ0v) is 23.6. The average Bonchev–Trinajstić information content (AvgIpc) is 2.80. The van der Waals surface area contributed by atoms with Gasteiger partial charge >= 0.3 is 0 Å². The summed E-state index contributed by atoms with van der Waals surface area (Å²) in [5.74, 6) is 0.662. The van der Waals surface area contributed by atoms with E-state index >= 15 is 0 Å². The predicted octanol–water partition coefficient (Wildman–Crippen LogP) is 3.31. The third-order valence-electron chi connectivity index (χ3n) is 4.28. The van der Waals surface area contributed by atoms with Crippen molar-refractivity contribution in [2.75, 3.05) is 32.8 Å². The topological polar surface area (TPSA) is 162 Å². The average molecular weight is 467 g/mol. The van der Waals surface area contributed by atoms with E-state index in [9.17, 15) is 0 Å². The molecule has 1 fully saturated rings. The Kier molecular flexibility index (Phi) is 46.3. The minimum absolute atomic E-state index is 0.00926. The second kappa shape index (κ2) is 35.3. The van der Waals surface area contributed by atoms with E-state index in [4.69, 9.17) is 33.8 Å². The molecule has 0 radical (unpaired) electrons. The molecule has 7 nitrogen and oxygen atoms in total. The lowest BCUT2D eigenvalue weighted by Crippen LogP contribution is -2.30. The van der Waals surface area contributed by atoms with Crippen LogP contribution in [0.1, 0.15) is 107 Å². The summed E-state index contributed by atoms with van der Waals surface area (Å²) in [5.41, 5.74) is 26.3. The van der Waals surface area contributed by atoms with Gasteiger partial charge in [-0.3, -0.25) is 0 Å². The number of aliphatic hydroxyl groups excluding tert-OH is 1. The van der Waals surface area contributed by atoms with Gasteiger partial charge in [0.15, 0.2) is 0 Å². The summed E-state index contributed by atoms with van der Waals surface area (Å²) in [6, 6.07) is 0.375. The molecule has 0 saturated carbocycles. The summed E-state index contributed by atoms with van der Waals surface area (Å²) >= 11 is 0. The Morgan fingerprint density at radius 2 is 1.22 bits per heavy atom. The fourth-order valence-corrected chi connectivity index (χ4v) is 0.931. The summed E-state index contributed by atoms with van der Waals surface area (Å²) in [4.78, 5) is 0. The number of piperidine rings is 1. The molecule has 0 aromatic rings. The quantitative estimate of drug-likeness (QED) is 0.315. The number of hydrogen-bond acceptors (Lipinski definition) is 7. The Hall–Kier alpha value is -0.280. The molecule has 12 N–H and O–H groups in total. The van der Waals surface area contributed by atoms with E-state index in [2.05, 4.69) is 39.9 Å². The fourth-order valence-electron chi connectivity index (χ4n) is 0.931. The molecule has 0 spiro atoms. The van der Waals surface area contributed by atoms with Crippen LogP contribution in [0.3, 0.4) is 0 Å². The fraction of sp³-hybridized carbons (Fsp3) is 1.00. The Labute approximate surface area is 203 Å². The Bertz CT molecular complexity index is 255. The number of nitrogens with two attached hydrogens (primary N) is 5. The summed E-state index contributed by atoms with van der Waals surface area (Å²) in [6.45, 7) is 22.6. The van der Waals surface area contributed by atoms with E-state index in [-0.39, 0.29) is 18.2 Å². The molecule has 202 valence electrons. The molecule has 2 unspecified atom stereocenters. The van der Waals surface area contributed by atoms with Crippen LogP contribution in [0.2, 0.25) is 0 Å². The van der Waals surface area contributed by atoms with Crippen molar-refractivity contribution >= 4 is 0 Å². The standard InChI is InChI=1S/C5H11N.C5H13N.C4H11NO.2C4H11N.C3H9N/c1-2-4-6-5-3-1;1-4-5(2,3)6;1-2-4(5)3-6;1-4(2)3-5;1-3-4(2)5;1-2-3-4/h6H,1-5H2;4,6H2,1-3H3;4,6H,2-3,5H2,1H3;2*4H,3,5H2,1-2H3;2-4H2,1H3.